The first-order valence-electron chi connectivity index (χ1n) is 8.68. The molecule has 0 radical (unpaired) electrons. The van der Waals surface area contributed by atoms with Crippen molar-refractivity contribution in [1.82, 2.24) is 15.1 Å². The number of carbonyl (C=O) groups excluding carboxylic acids is 2. The summed E-state index contributed by atoms with van der Waals surface area (Å²) in [6.45, 7) is 4.34. The number of nitrogens with one attached hydrogen (secondary N) is 1. The van der Waals surface area contributed by atoms with Crippen LogP contribution in [0.15, 0.2) is 18.2 Å². The lowest BCUT2D eigenvalue weighted by atomic mass is 10.0. The number of amides is 2. The van der Waals surface area contributed by atoms with E-state index in [0.29, 0.717) is 5.92 Å². The minimum Gasteiger partial charge on any atom is -0.454 e. The number of hydrogen-bond acceptors (Lipinski definition) is 5. The molecule has 1 aromatic carbocycles. The average Bonchev–Trinajstić information content (AvgIpc) is 3.26. The second-order valence-corrected chi connectivity index (χ2v) is 7.00. The van der Waals surface area contributed by atoms with Gasteiger partial charge in [0.2, 0.25) is 18.6 Å². The molecule has 3 heterocycles. The molecule has 0 unspecified atom stereocenters. The maximum absolute atomic E-state index is 12.1. The van der Waals surface area contributed by atoms with Gasteiger partial charge in [0, 0.05) is 39.6 Å². The Labute approximate surface area is 146 Å². The van der Waals surface area contributed by atoms with Crippen LogP contribution < -0.4 is 14.8 Å². The molecule has 7 nitrogen and oxygen atoms in total. The van der Waals surface area contributed by atoms with Crippen molar-refractivity contribution in [2.45, 2.75) is 32.0 Å². The predicted octanol–water partition coefficient (Wildman–Crippen LogP) is 0.582. The minimum absolute atomic E-state index is 0.0222. The van der Waals surface area contributed by atoms with Gasteiger partial charge >= 0.3 is 0 Å². The monoisotopic (exact) mass is 345 g/mol. The fourth-order valence-corrected chi connectivity index (χ4v) is 4.40. The van der Waals surface area contributed by atoms with E-state index in [-0.39, 0.29) is 30.7 Å². The van der Waals surface area contributed by atoms with Crippen LogP contribution in [0.4, 0.5) is 0 Å². The molecular weight excluding hydrogens is 322 g/mol. The third-order valence-electron chi connectivity index (χ3n) is 5.46. The van der Waals surface area contributed by atoms with E-state index in [1.165, 1.54) is 5.56 Å². The van der Waals surface area contributed by atoms with Crippen LogP contribution >= 0.6 is 0 Å². The van der Waals surface area contributed by atoms with Gasteiger partial charge in [-0.25, -0.2) is 0 Å². The third-order valence-corrected chi connectivity index (χ3v) is 5.46. The molecule has 0 spiro atoms. The van der Waals surface area contributed by atoms with Gasteiger partial charge in [0.15, 0.2) is 11.5 Å². The molecule has 2 fully saturated rings. The Morgan fingerprint density at radius 3 is 2.80 bits per heavy atom. The molecule has 3 atom stereocenters. The van der Waals surface area contributed by atoms with Crippen molar-refractivity contribution in [3.63, 3.8) is 0 Å². The van der Waals surface area contributed by atoms with Crippen molar-refractivity contribution in [2.24, 2.45) is 5.92 Å². The Kier molecular flexibility index (Phi) is 4.03. The maximum Gasteiger partial charge on any atom is 0.242 e. The summed E-state index contributed by atoms with van der Waals surface area (Å²) in [5.74, 6) is 1.85. The van der Waals surface area contributed by atoms with Crippen LogP contribution in [0.1, 0.15) is 18.9 Å². The van der Waals surface area contributed by atoms with Crippen LogP contribution in [-0.2, 0) is 16.1 Å². The van der Waals surface area contributed by atoms with E-state index in [0.717, 1.165) is 37.6 Å². The summed E-state index contributed by atoms with van der Waals surface area (Å²) >= 11 is 0. The van der Waals surface area contributed by atoms with Gasteiger partial charge in [-0.15, -0.1) is 0 Å². The van der Waals surface area contributed by atoms with Gasteiger partial charge in [0.1, 0.15) is 6.04 Å². The topological polar surface area (TPSA) is 71.1 Å². The van der Waals surface area contributed by atoms with Crippen molar-refractivity contribution in [3.05, 3.63) is 23.8 Å². The van der Waals surface area contributed by atoms with Gasteiger partial charge in [-0.2, -0.15) is 0 Å². The summed E-state index contributed by atoms with van der Waals surface area (Å²) in [5, 5.41) is 2.68. The SMILES string of the molecule is CNC(=O)[C@H]1C[C@@H]2CN(Cc3ccc4c(c3)OCO4)C[C@@H]2N1C(C)=O. The minimum atomic E-state index is -0.329. The van der Waals surface area contributed by atoms with Crippen molar-refractivity contribution in [1.29, 1.82) is 0 Å². The van der Waals surface area contributed by atoms with Crippen LogP contribution in [0.3, 0.4) is 0 Å². The molecule has 0 bridgehead atoms. The quantitative estimate of drug-likeness (QED) is 0.868. The Morgan fingerprint density at radius 1 is 1.24 bits per heavy atom. The molecule has 134 valence electrons. The molecule has 2 amide bonds. The molecule has 3 aliphatic heterocycles. The summed E-state index contributed by atoms with van der Waals surface area (Å²) < 4.78 is 10.8. The summed E-state index contributed by atoms with van der Waals surface area (Å²) in [6.07, 6.45) is 0.738. The molecule has 2 saturated heterocycles. The van der Waals surface area contributed by atoms with E-state index in [1.807, 2.05) is 12.1 Å². The average molecular weight is 345 g/mol. The second-order valence-electron chi connectivity index (χ2n) is 7.00. The zero-order valence-corrected chi connectivity index (χ0v) is 14.5. The molecular formula is C18H23N3O4. The highest BCUT2D eigenvalue weighted by Crippen LogP contribution is 2.37. The fraction of sp³-hybridized carbons (Fsp3) is 0.556. The Balaban J connectivity index is 1.45. The van der Waals surface area contributed by atoms with Crippen molar-refractivity contribution in [3.8, 4) is 11.5 Å². The fourth-order valence-electron chi connectivity index (χ4n) is 4.40. The molecule has 4 rings (SSSR count). The van der Waals surface area contributed by atoms with Gasteiger partial charge in [-0.3, -0.25) is 14.5 Å². The van der Waals surface area contributed by atoms with E-state index in [2.05, 4.69) is 16.3 Å². The van der Waals surface area contributed by atoms with Crippen molar-refractivity contribution in [2.75, 3.05) is 26.9 Å². The number of benzene rings is 1. The highest BCUT2D eigenvalue weighted by Gasteiger charge is 2.49. The van der Waals surface area contributed by atoms with Crippen LogP contribution in [0.2, 0.25) is 0 Å². The predicted molar refractivity (Wildman–Crippen MR) is 90.1 cm³/mol. The lowest BCUT2D eigenvalue weighted by Gasteiger charge is -2.28. The molecule has 1 N–H and O–H groups in total. The zero-order chi connectivity index (χ0) is 17.6. The molecule has 0 aliphatic carbocycles. The third kappa shape index (κ3) is 2.82. The lowest BCUT2D eigenvalue weighted by molar-refractivity contribution is -0.138. The number of nitrogens with zero attached hydrogens (tertiary/aromatic N) is 2. The van der Waals surface area contributed by atoms with Crippen molar-refractivity contribution < 1.29 is 19.1 Å². The molecule has 25 heavy (non-hydrogen) atoms. The van der Waals surface area contributed by atoms with E-state index in [1.54, 1.807) is 18.9 Å². The van der Waals surface area contributed by atoms with Crippen LogP contribution in [0.25, 0.3) is 0 Å². The zero-order valence-electron chi connectivity index (χ0n) is 14.5. The second kappa shape index (κ2) is 6.22. The largest absolute Gasteiger partial charge is 0.454 e. The first kappa shape index (κ1) is 16.2. The van der Waals surface area contributed by atoms with E-state index in [9.17, 15) is 9.59 Å². The number of carbonyl (C=O) groups is 2. The van der Waals surface area contributed by atoms with E-state index >= 15 is 0 Å². The Bertz CT molecular complexity index is 708. The number of ether oxygens (including phenoxy) is 2. The highest BCUT2D eigenvalue weighted by molar-refractivity contribution is 5.87. The van der Waals surface area contributed by atoms with Gasteiger partial charge in [0.05, 0.1) is 0 Å². The number of rotatable bonds is 3. The first-order valence-corrected chi connectivity index (χ1v) is 8.68. The first-order chi connectivity index (χ1) is 12.1. The van der Waals surface area contributed by atoms with Crippen molar-refractivity contribution >= 4 is 11.8 Å². The van der Waals surface area contributed by atoms with E-state index < -0.39 is 0 Å². The highest BCUT2D eigenvalue weighted by atomic mass is 16.7. The van der Waals surface area contributed by atoms with Crippen LogP contribution in [0, 0.1) is 5.92 Å². The van der Waals surface area contributed by atoms with Gasteiger partial charge in [-0.1, -0.05) is 6.07 Å². The summed E-state index contributed by atoms with van der Waals surface area (Å²) in [5.41, 5.74) is 1.17. The van der Waals surface area contributed by atoms with Crippen LogP contribution in [0.5, 0.6) is 11.5 Å². The molecule has 7 heteroatoms. The maximum atomic E-state index is 12.1. The van der Waals surface area contributed by atoms with Crippen LogP contribution in [-0.4, -0.2) is 60.6 Å². The van der Waals surface area contributed by atoms with Gasteiger partial charge in [-0.05, 0) is 30.0 Å². The standard InChI is InChI=1S/C18H23N3O4/c1-11(22)21-14(18(23)19-2)6-13-8-20(9-15(13)21)7-12-3-4-16-17(5-12)25-10-24-16/h3-5,13-15H,6-10H2,1-2H3,(H,19,23)/t13-,14-,15+/m1/s1. The lowest BCUT2D eigenvalue weighted by Crippen LogP contribution is -2.49. The number of likely N-dealkylation sites (tertiary alicyclic amines) is 2. The van der Waals surface area contributed by atoms with E-state index in [4.69, 9.17) is 9.47 Å². The Morgan fingerprint density at radius 2 is 2.04 bits per heavy atom. The number of likely N-dealkylation sites (N-methyl/N-ethyl adjacent to an activating group) is 1. The molecule has 1 aromatic rings. The smallest absolute Gasteiger partial charge is 0.242 e. The summed E-state index contributed by atoms with van der Waals surface area (Å²) in [6, 6.07) is 5.81. The number of hydrogen-bond donors (Lipinski definition) is 1. The molecule has 3 aliphatic rings. The summed E-state index contributed by atoms with van der Waals surface area (Å²) in [7, 11) is 1.63. The van der Waals surface area contributed by atoms with Gasteiger partial charge in [0.25, 0.3) is 0 Å². The molecule has 0 saturated carbocycles. The Hall–Kier alpha value is -2.28. The van der Waals surface area contributed by atoms with Gasteiger partial charge < -0.3 is 19.7 Å². The normalized spacial score (nSPS) is 27.4. The number of fused-ring (bicyclic) bond motifs is 2. The summed E-state index contributed by atoms with van der Waals surface area (Å²) in [4.78, 5) is 28.3. The molecule has 0 aromatic heterocycles.